The van der Waals surface area contributed by atoms with Crippen molar-refractivity contribution in [1.29, 1.82) is 0 Å². The number of fused-ring (bicyclic) bond motifs is 4. The molecule has 2 atom stereocenters. The number of hydrogen-bond acceptors (Lipinski definition) is 3. The maximum Gasteiger partial charge on any atom is 0.416 e. The van der Waals surface area contributed by atoms with Crippen LogP contribution in [0.4, 0.5) is 29.5 Å². The lowest BCUT2D eigenvalue weighted by Crippen LogP contribution is -2.50. The Morgan fingerprint density at radius 3 is 2.64 bits per heavy atom. The molecule has 0 spiro atoms. The molecule has 25 heavy (non-hydrogen) atoms. The summed E-state index contributed by atoms with van der Waals surface area (Å²) in [6.45, 7) is 0.804. The zero-order chi connectivity index (χ0) is 17.8. The number of halogens is 3. The smallest absolute Gasteiger partial charge is 0.366 e. The van der Waals surface area contributed by atoms with E-state index < -0.39 is 29.7 Å². The highest BCUT2D eigenvalue weighted by Gasteiger charge is 2.48. The lowest BCUT2D eigenvalue weighted by Gasteiger charge is -2.35. The average Bonchev–Trinajstić information content (AvgIpc) is 2.94. The Hall–Kier alpha value is -2.77. The molecule has 2 amide bonds. The molecule has 1 saturated heterocycles. The van der Waals surface area contributed by atoms with E-state index in [0.29, 0.717) is 24.6 Å². The van der Waals surface area contributed by atoms with Crippen LogP contribution in [0.15, 0.2) is 42.6 Å². The average molecular weight is 348 g/mol. The van der Waals surface area contributed by atoms with E-state index in [2.05, 4.69) is 4.98 Å². The predicted molar refractivity (Wildman–Crippen MR) is 86.5 cm³/mol. The van der Waals surface area contributed by atoms with Crippen molar-refractivity contribution in [3.8, 4) is 0 Å². The van der Waals surface area contributed by atoms with Crippen LogP contribution in [0.3, 0.4) is 0 Å². The van der Waals surface area contributed by atoms with E-state index in [1.54, 1.807) is 24.4 Å². The molecule has 4 rings (SSSR count). The Labute approximate surface area is 141 Å². The van der Waals surface area contributed by atoms with E-state index >= 15 is 0 Å². The van der Waals surface area contributed by atoms with Gasteiger partial charge in [0.25, 0.3) is 0 Å². The van der Waals surface area contributed by atoms with Gasteiger partial charge in [-0.3, -0.25) is 4.90 Å². The zero-order valence-corrected chi connectivity index (χ0v) is 13.1. The molecule has 1 aromatic heterocycles. The van der Waals surface area contributed by atoms with Gasteiger partial charge in [0, 0.05) is 25.2 Å². The van der Waals surface area contributed by atoms with Crippen molar-refractivity contribution in [1.82, 2.24) is 4.98 Å². The van der Waals surface area contributed by atoms with Crippen molar-refractivity contribution in [3.05, 3.63) is 53.7 Å². The van der Waals surface area contributed by atoms with Crippen molar-refractivity contribution in [3.63, 3.8) is 0 Å². The third kappa shape index (κ3) is 2.40. The summed E-state index contributed by atoms with van der Waals surface area (Å²) in [5, 5.41) is 0. The number of aromatic nitrogens is 1. The minimum Gasteiger partial charge on any atom is -0.366 e. The number of urea groups is 1. The van der Waals surface area contributed by atoms with E-state index in [0.717, 1.165) is 6.07 Å². The van der Waals surface area contributed by atoms with Gasteiger partial charge in [-0.1, -0.05) is 18.2 Å². The van der Waals surface area contributed by atoms with Gasteiger partial charge in [-0.25, -0.2) is 9.78 Å². The number of hydrogen-bond donors (Lipinski definition) is 1. The van der Waals surface area contributed by atoms with Crippen LogP contribution in [0.2, 0.25) is 0 Å². The van der Waals surface area contributed by atoms with E-state index in [9.17, 15) is 18.0 Å². The number of rotatable bonds is 1. The molecular weight excluding hydrogens is 333 g/mol. The number of primary amides is 1. The van der Waals surface area contributed by atoms with Gasteiger partial charge >= 0.3 is 12.2 Å². The number of carbonyl (C=O) groups is 1. The predicted octanol–water partition coefficient (Wildman–Crippen LogP) is 2.97. The summed E-state index contributed by atoms with van der Waals surface area (Å²) in [6.07, 6.45) is -2.91. The van der Waals surface area contributed by atoms with Crippen molar-refractivity contribution >= 4 is 17.5 Å². The van der Waals surface area contributed by atoms with Gasteiger partial charge in [-0.15, -0.1) is 0 Å². The van der Waals surface area contributed by atoms with Crippen LogP contribution in [0.25, 0.3) is 0 Å². The Bertz CT molecular complexity index is 839. The first-order chi connectivity index (χ1) is 11.9. The number of nitrogens with two attached hydrogens (primary N) is 1. The maximum atomic E-state index is 13.4. The van der Waals surface area contributed by atoms with E-state index in [-0.39, 0.29) is 5.56 Å². The van der Waals surface area contributed by atoms with E-state index in [1.807, 2.05) is 4.90 Å². The lowest BCUT2D eigenvalue weighted by atomic mass is 9.89. The number of pyridine rings is 1. The minimum atomic E-state index is -4.45. The molecule has 2 unspecified atom stereocenters. The fourth-order valence-corrected chi connectivity index (χ4v) is 3.87. The molecule has 1 fully saturated rings. The second kappa shape index (κ2) is 5.37. The molecule has 2 aliphatic heterocycles. The van der Waals surface area contributed by atoms with Crippen LogP contribution >= 0.6 is 0 Å². The first-order valence-electron chi connectivity index (χ1n) is 7.82. The molecule has 5 nitrogen and oxygen atoms in total. The van der Waals surface area contributed by atoms with E-state index in [4.69, 9.17) is 5.73 Å². The molecule has 0 radical (unpaired) electrons. The van der Waals surface area contributed by atoms with Crippen molar-refractivity contribution in [2.45, 2.75) is 18.1 Å². The number of nitrogens with zero attached hydrogens (tertiary/aromatic N) is 3. The molecule has 0 aliphatic carbocycles. The first-order valence-corrected chi connectivity index (χ1v) is 7.82. The van der Waals surface area contributed by atoms with Gasteiger partial charge in [0.1, 0.15) is 0 Å². The van der Waals surface area contributed by atoms with Gasteiger partial charge < -0.3 is 10.6 Å². The Balaban J connectivity index is 1.83. The van der Waals surface area contributed by atoms with Gasteiger partial charge in [0.05, 0.1) is 17.3 Å². The second-order valence-corrected chi connectivity index (χ2v) is 6.22. The van der Waals surface area contributed by atoms with Gasteiger partial charge in [0.15, 0.2) is 5.82 Å². The number of benzene rings is 1. The number of amides is 2. The highest BCUT2D eigenvalue weighted by molar-refractivity contribution is 5.96. The Morgan fingerprint density at radius 2 is 1.92 bits per heavy atom. The van der Waals surface area contributed by atoms with Gasteiger partial charge in [-0.05, 0) is 23.8 Å². The largest absolute Gasteiger partial charge is 0.416 e. The summed E-state index contributed by atoms with van der Waals surface area (Å²) in [5.74, 6) is -0.0993. The molecule has 8 heteroatoms. The Morgan fingerprint density at radius 1 is 1.16 bits per heavy atom. The van der Waals surface area contributed by atoms with Crippen molar-refractivity contribution < 1.29 is 18.0 Å². The summed E-state index contributed by atoms with van der Waals surface area (Å²) < 4.78 is 40.3. The number of alkyl halides is 3. The molecule has 2 N–H and O–H groups in total. The molecule has 130 valence electrons. The number of carbonyl (C=O) groups excluding carboxylic acids is 1. The highest BCUT2D eigenvalue weighted by Crippen LogP contribution is 2.46. The highest BCUT2D eigenvalue weighted by atomic mass is 19.4. The third-order valence-electron chi connectivity index (χ3n) is 4.86. The van der Waals surface area contributed by atoms with Crippen molar-refractivity contribution in [2.75, 3.05) is 22.9 Å². The van der Waals surface area contributed by atoms with E-state index in [1.165, 1.54) is 17.0 Å². The molecule has 2 bridgehead atoms. The maximum absolute atomic E-state index is 13.4. The van der Waals surface area contributed by atoms with Crippen molar-refractivity contribution in [2.24, 2.45) is 5.73 Å². The Kier molecular flexibility index (Phi) is 3.38. The molecule has 2 aliphatic rings. The SMILES string of the molecule is NC(=O)N1c2ncccc2N2CC(c3ccccc3C(F)(F)F)C1C2. The zero-order valence-electron chi connectivity index (χ0n) is 13.1. The first kappa shape index (κ1) is 15.7. The van der Waals surface area contributed by atoms with Gasteiger partial charge in [0.2, 0.25) is 0 Å². The third-order valence-corrected chi connectivity index (χ3v) is 4.86. The van der Waals surface area contributed by atoms with Crippen LogP contribution < -0.4 is 15.5 Å². The lowest BCUT2D eigenvalue weighted by molar-refractivity contribution is -0.138. The van der Waals surface area contributed by atoms with Gasteiger partial charge in [-0.2, -0.15) is 13.2 Å². The van der Waals surface area contributed by atoms with Crippen LogP contribution in [0, 0.1) is 0 Å². The molecule has 0 saturated carbocycles. The van der Waals surface area contributed by atoms with Crippen LogP contribution in [0.5, 0.6) is 0 Å². The monoisotopic (exact) mass is 348 g/mol. The summed E-state index contributed by atoms with van der Waals surface area (Å²) in [7, 11) is 0. The normalized spacial score (nSPS) is 22.0. The fourth-order valence-electron chi connectivity index (χ4n) is 3.87. The molecular formula is C17H15F3N4O. The van der Waals surface area contributed by atoms with Crippen LogP contribution in [-0.4, -0.2) is 30.1 Å². The molecule has 1 aromatic carbocycles. The molecule has 2 aromatic rings. The van der Waals surface area contributed by atoms with Crippen LogP contribution in [0.1, 0.15) is 17.0 Å². The number of anilines is 2. The summed E-state index contributed by atoms with van der Waals surface area (Å²) in [4.78, 5) is 19.5. The minimum absolute atomic E-state index is 0.182. The standard InChI is InChI=1S/C17H15F3N4O/c18-17(19,20)12-5-2-1-4-10(12)11-8-23-9-14(11)24(16(21)25)15-13(23)6-3-7-22-15/h1-7,11,14H,8-9H2,(H2,21,25). The summed E-state index contributed by atoms with van der Waals surface area (Å²) in [5.41, 5.74) is 5.76. The summed E-state index contributed by atoms with van der Waals surface area (Å²) in [6, 6.07) is 7.85. The fraction of sp³-hybridized carbons (Fsp3) is 0.294. The second-order valence-electron chi connectivity index (χ2n) is 6.22. The topological polar surface area (TPSA) is 62.5 Å². The summed E-state index contributed by atoms with van der Waals surface area (Å²) >= 11 is 0. The quantitative estimate of drug-likeness (QED) is 0.862. The molecule has 3 heterocycles. The van der Waals surface area contributed by atoms with Crippen LogP contribution in [-0.2, 0) is 6.18 Å².